The van der Waals surface area contributed by atoms with Gasteiger partial charge in [-0.25, -0.2) is 4.98 Å². The van der Waals surface area contributed by atoms with Crippen LogP contribution in [0.3, 0.4) is 0 Å². The largest absolute Gasteiger partial charge is 0.444 e. The van der Waals surface area contributed by atoms with Gasteiger partial charge < -0.3 is 9.73 Å². The summed E-state index contributed by atoms with van der Waals surface area (Å²) >= 11 is 0. The van der Waals surface area contributed by atoms with E-state index in [-0.39, 0.29) is 0 Å². The SMILES string of the molecule is Cc1nc(CNCC(C)(C)C(C)C)oc1C. The van der Waals surface area contributed by atoms with Crippen molar-refractivity contribution in [1.82, 2.24) is 10.3 Å². The van der Waals surface area contributed by atoms with Gasteiger partial charge in [-0.2, -0.15) is 0 Å². The lowest BCUT2D eigenvalue weighted by molar-refractivity contribution is 0.234. The third-order valence-corrected chi connectivity index (χ3v) is 3.49. The average Bonchev–Trinajstić information content (AvgIpc) is 2.45. The predicted molar refractivity (Wildman–Crippen MR) is 66.3 cm³/mol. The van der Waals surface area contributed by atoms with E-state index in [1.54, 1.807) is 0 Å². The van der Waals surface area contributed by atoms with Crippen molar-refractivity contribution in [2.24, 2.45) is 11.3 Å². The third-order valence-electron chi connectivity index (χ3n) is 3.49. The number of nitrogens with one attached hydrogen (secondary N) is 1. The maximum Gasteiger partial charge on any atom is 0.208 e. The number of hydrogen-bond acceptors (Lipinski definition) is 3. The molecule has 0 aliphatic carbocycles. The van der Waals surface area contributed by atoms with Gasteiger partial charge in [0, 0.05) is 6.54 Å². The minimum atomic E-state index is 0.302. The Bertz CT molecular complexity index is 320. The molecule has 0 saturated carbocycles. The lowest BCUT2D eigenvalue weighted by atomic mass is 9.81. The quantitative estimate of drug-likeness (QED) is 0.835. The third kappa shape index (κ3) is 3.34. The molecular formula is C13H24N2O. The molecule has 1 aromatic heterocycles. The number of oxazole rings is 1. The van der Waals surface area contributed by atoms with Gasteiger partial charge in [-0.15, -0.1) is 0 Å². The molecule has 0 unspecified atom stereocenters. The molecule has 92 valence electrons. The molecule has 1 aromatic rings. The van der Waals surface area contributed by atoms with E-state index in [1.807, 2.05) is 13.8 Å². The number of rotatable bonds is 5. The van der Waals surface area contributed by atoms with Gasteiger partial charge in [-0.05, 0) is 25.2 Å². The summed E-state index contributed by atoms with van der Waals surface area (Å²) in [4.78, 5) is 4.35. The number of hydrogen-bond donors (Lipinski definition) is 1. The van der Waals surface area contributed by atoms with E-state index < -0.39 is 0 Å². The van der Waals surface area contributed by atoms with E-state index in [1.165, 1.54) is 0 Å². The van der Waals surface area contributed by atoms with Crippen molar-refractivity contribution in [2.45, 2.75) is 48.1 Å². The Morgan fingerprint density at radius 3 is 2.38 bits per heavy atom. The molecule has 1 N–H and O–H groups in total. The van der Waals surface area contributed by atoms with Crippen LogP contribution in [0.5, 0.6) is 0 Å². The Balaban J connectivity index is 2.41. The van der Waals surface area contributed by atoms with Gasteiger partial charge >= 0.3 is 0 Å². The monoisotopic (exact) mass is 224 g/mol. The minimum Gasteiger partial charge on any atom is -0.444 e. The second-order valence-electron chi connectivity index (χ2n) is 5.50. The molecule has 0 bridgehead atoms. The van der Waals surface area contributed by atoms with E-state index in [0.717, 1.165) is 23.9 Å². The highest BCUT2D eigenvalue weighted by Gasteiger charge is 2.21. The first-order valence-electron chi connectivity index (χ1n) is 5.96. The summed E-state index contributed by atoms with van der Waals surface area (Å²) in [5.41, 5.74) is 1.29. The normalized spacial score (nSPS) is 12.4. The van der Waals surface area contributed by atoms with Gasteiger partial charge in [0.15, 0.2) is 0 Å². The molecule has 16 heavy (non-hydrogen) atoms. The summed E-state index contributed by atoms with van der Waals surface area (Å²) in [5.74, 6) is 2.36. The van der Waals surface area contributed by atoms with Gasteiger partial charge in [0.05, 0.1) is 12.2 Å². The highest BCUT2D eigenvalue weighted by Crippen LogP contribution is 2.24. The predicted octanol–water partition coefficient (Wildman–Crippen LogP) is 3.06. The van der Waals surface area contributed by atoms with Crippen molar-refractivity contribution in [3.63, 3.8) is 0 Å². The Morgan fingerprint density at radius 1 is 1.31 bits per heavy atom. The lowest BCUT2D eigenvalue weighted by Crippen LogP contribution is -2.33. The Labute approximate surface area is 98.6 Å². The van der Waals surface area contributed by atoms with Crippen molar-refractivity contribution in [3.05, 3.63) is 17.3 Å². The zero-order valence-corrected chi connectivity index (χ0v) is 11.3. The van der Waals surface area contributed by atoms with Crippen LogP contribution >= 0.6 is 0 Å². The summed E-state index contributed by atoms with van der Waals surface area (Å²) in [5, 5.41) is 3.41. The van der Waals surface area contributed by atoms with E-state index >= 15 is 0 Å². The maximum atomic E-state index is 5.52. The van der Waals surface area contributed by atoms with Crippen LogP contribution in [0.1, 0.15) is 45.0 Å². The van der Waals surface area contributed by atoms with Crippen molar-refractivity contribution in [2.75, 3.05) is 6.54 Å². The van der Waals surface area contributed by atoms with Crippen LogP contribution in [0.25, 0.3) is 0 Å². The molecule has 0 spiro atoms. The zero-order valence-electron chi connectivity index (χ0n) is 11.3. The standard InChI is InChI=1S/C13H24N2O/c1-9(2)13(5,6)8-14-7-12-15-10(3)11(4)16-12/h9,14H,7-8H2,1-6H3. The van der Waals surface area contributed by atoms with Gasteiger partial charge in [0.1, 0.15) is 5.76 Å². The number of aryl methyl sites for hydroxylation is 2. The van der Waals surface area contributed by atoms with E-state index in [4.69, 9.17) is 4.42 Å². The minimum absolute atomic E-state index is 0.302. The van der Waals surface area contributed by atoms with Crippen LogP contribution in [0.15, 0.2) is 4.42 Å². The highest BCUT2D eigenvalue weighted by atomic mass is 16.4. The Kier molecular flexibility index (Phi) is 4.14. The highest BCUT2D eigenvalue weighted by molar-refractivity contribution is 5.05. The van der Waals surface area contributed by atoms with Crippen LogP contribution in [-0.4, -0.2) is 11.5 Å². The molecule has 0 saturated heterocycles. The molecule has 0 amide bonds. The number of aromatic nitrogens is 1. The molecule has 0 aliphatic heterocycles. The topological polar surface area (TPSA) is 38.1 Å². The molecule has 0 aliphatic rings. The molecule has 0 aromatic carbocycles. The fourth-order valence-electron chi connectivity index (χ4n) is 1.31. The summed E-state index contributed by atoms with van der Waals surface area (Å²) < 4.78 is 5.52. The van der Waals surface area contributed by atoms with Crippen LogP contribution < -0.4 is 5.32 Å². The molecule has 3 nitrogen and oxygen atoms in total. The second-order valence-corrected chi connectivity index (χ2v) is 5.50. The fourth-order valence-corrected chi connectivity index (χ4v) is 1.31. The van der Waals surface area contributed by atoms with Gasteiger partial charge in [-0.3, -0.25) is 0 Å². The molecular weight excluding hydrogens is 200 g/mol. The number of nitrogens with zero attached hydrogens (tertiary/aromatic N) is 1. The van der Waals surface area contributed by atoms with Crippen molar-refractivity contribution < 1.29 is 4.42 Å². The molecule has 1 heterocycles. The van der Waals surface area contributed by atoms with Crippen molar-refractivity contribution in [1.29, 1.82) is 0 Å². The summed E-state index contributed by atoms with van der Waals surface area (Å²) in [6.45, 7) is 14.7. The van der Waals surface area contributed by atoms with E-state index in [0.29, 0.717) is 17.9 Å². The van der Waals surface area contributed by atoms with Crippen LogP contribution in [0.4, 0.5) is 0 Å². The molecule has 0 atom stereocenters. The van der Waals surface area contributed by atoms with E-state index in [2.05, 4.69) is 38.0 Å². The second kappa shape index (κ2) is 5.00. The first-order chi connectivity index (χ1) is 7.33. The molecule has 3 heteroatoms. The zero-order chi connectivity index (χ0) is 12.3. The van der Waals surface area contributed by atoms with Crippen LogP contribution in [0, 0.1) is 25.2 Å². The average molecular weight is 224 g/mol. The maximum absolute atomic E-state index is 5.52. The smallest absolute Gasteiger partial charge is 0.208 e. The van der Waals surface area contributed by atoms with Crippen LogP contribution in [-0.2, 0) is 6.54 Å². The fraction of sp³-hybridized carbons (Fsp3) is 0.769. The van der Waals surface area contributed by atoms with Gasteiger partial charge in [-0.1, -0.05) is 27.7 Å². The Hall–Kier alpha value is -0.830. The summed E-state index contributed by atoms with van der Waals surface area (Å²) in [7, 11) is 0. The van der Waals surface area contributed by atoms with Crippen molar-refractivity contribution in [3.8, 4) is 0 Å². The first-order valence-corrected chi connectivity index (χ1v) is 5.96. The van der Waals surface area contributed by atoms with E-state index in [9.17, 15) is 0 Å². The molecule has 0 radical (unpaired) electrons. The summed E-state index contributed by atoms with van der Waals surface area (Å²) in [6, 6.07) is 0. The van der Waals surface area contributed by atoms with Gasteiger partial charge in [0.2, 0.25) is 5.89 Å². The Morgan fingerprint density at radius 2 is 1.94 bits per heavy atom. The lowest BCUT2D eigenvalue weighted by Gasteiger charge is -2.29. The van der Waals surface area contributed by atoms with Crippen LogP contribution in [0.2, 0.25) is 0 Å². The molecule has 0 fully saturated rings. The summed E-state index contributed by atoms with van der Waals surface area (Å²) in [6.07, 6.45) is 0. The van der Waals surface area contributed by atoms with Crippen molar-refractivity contribution >= 4 is 0 Å². The first kappa shape index (κ1) is 13.2. The molecule has 1 rings (SSSR count). The van der Waals surface area contributed by atoms with Gasteiger partial charge in [0.25, 0.3) is 0 Å².